The molecule has 1 aliphatic heterocycles. The molecule has 0 aliphatic carbocycles. The molecule has 3 rings (SSSR count). The van der Waals surface area contributed by atoms with Crippen molar-refractivity contribution in [3.8, 4) is 5.75 Å². The maximum atomic E-state index is 12.6. The van der Waals surface area contributed by atoms with Gasteiger partial charge in [0.1, 0.15) is 5.75 Å². The highest BCUT2D eigenvalue weighted by Crippen LogP contribution is 2.28. The number of rotatable bonds is 3. The molecule has 2 nitrogen and oxygen atoms in total. The monoisotopic (exact) mass is 270 g/mol. The fourth-order valence-corrected chi connectivity index (χ4v) is 2.91. The van der Waals surface area contributed by atoms with Crippen molar-refractivity contribution in [3.63, 3.8) is 0 Å². The van der Waals surface area contributed by atoms with Crippen molar-refractivity contribution in [1.82, 2.24) is 0 Å². The standard InChI is InChI=1S/C16H14O2S/c1-19-15-5-3-2-4-13(15)16(17)12-6-7-14-11(10-12)8-9-18-14/h2-7,10H,8-9H2,1H3. The van der Waals surface area contributed by atoms with Crippen molar-refractivity contribution < 1.29 is 9.53 Å². The topological polar surface area (TPSA) is 26.3 Å². The number of thioether (sulfide) groups is 1. The molecule has 0 fully saturated rings. The van der Waals surface area contributed by atoms with Crippen molar-refractivity contribution in [2.45, 2.75) is 11.3 Å². The summed E-state index contributed by atoms with van der Waals surface area (Å²) in [5, 5.41) is 0. The first-order chi connectivity index (χ1) is 9.29. The smallest absolute Gasteiger partial charge is 0.194 e. The minimum absolute atomic E-state index is 0.0830. The van der Waals surface area contributed by atoms with E-state index in [1.165, 1.54) is 0 Å². The lowest BCUT2D eigenvalue weighted by molar-refractivity contribution is 0.103. The number of carbonyl (C=O) groups excluding carboxylic acids is 1. The van der Waals surface area contributed by atoms with Crippen LogP contribution in [-0.4, -0.2) is 18.6 Å². The average Bonchev–Trinajstić information content (AvgIpc) is 2.93. The highest BCUT2D eigenvalue weighted by atomic mass is 32.2. The Morgan fingerprint density at radius 2 is 2.05 bits per heavy atom. The van der Waals surface area contributed by atoms with Crippen LogP contribution in [0.3, 0.4) is 0 Å². The van der Waals surface area contributed by atoms with Gasteiger partial charge in [-0.1, -0.05) is 12.1 Å². The van der Waals surface area contributed by atoms with E-state index in [-0.39, 0.29) is 5.78 Å². The quantitative estimate of drug-likeness (QED) is 0.630. The fourth-order valence-electron chi connectivity index (χ4n) is 2.32. The van der Waals surface area contributed by atoms with Crippen molar-refractivity contribution in [1.29, 1.82) is 0 Å². The molecule has 19 heavy (non-hydrogen) atoms. The van der Waals surface area contributed by atoms with Gasteiger partial charge in [0.2, 0.25) is 0 Å². The van der Waals surface area contributed by atoms with E-state index in [1.807, 2.05) is 48.7 Å². The normalized spacial score (nSPS) is 12.9. The van der Waals surface area contributed by atoms with Crippen molar-refractivity contribution in [3.05, 3.63) is 59.2 Å². The van der Waals surface area contributed by atoms with Gasteiger partial charge in [-0.25, -0.2) is 0 Å². The molecule has 0 aromatic heterocycles. The van der Waals surface area contributed by atoms with Crippen LogP contribution in [0.2, 0.25) is 0 Å². The molecule has 1 heterocycles. The van der Waals surface area contributed by atoms with Gasteiger partial charge in [-0.3, -0.25) is 4.79 Å². The van der Waals surface area contributed by atoms with Crippen LogP contribution in [0.5, 0.6) is 5.75 Å². The average molecular weight is 270 g/mol. The summed E-state index contributed by atoms with van der Waals surface area (Å²) in [4.78, 5) is 13.6. The molecule has 2 aromatic rings. The van der Waals surface area contributed by atoms with Crippen LogP contribution < -0.4 is 4.74 Å². The molecule has 0 bridgehead atoms. The van der Waals surface area contributed by atoms with Gasteiger partial charge in [0.05, 0.1) is 6.61 Å². The van der Waals surface area contributed by atoms with E-state index < -0.39 is 0 Å². The highest BCUT2D eigenvalue weighted by Gasteiger charge is 2.17. The third-order valence-corrected chi connectivity index (χ3v) is 4.10. The van der Waals surface area contributed by atoms with Gasteiger partial charge in [0.15, 0.2) is 5.78 Å². The van der Waals surface area contributed by atoms with Crippen LogP contribution in [0.25, 0.3) is 0 Å². The summed E-state index contributed by atoms with van der Waals surface area (Å²) in [7, 11) is 0. The molecule has 96 valence electrons. The number of ether oxygens (including phenoxy) is 1. The lowest BCUT2D eigenvalue weighted by atomic mass is 10.0. The first-order valence-electron chi connectivity index (χ1n) is 6.23. The molecule has 0 unspecified atom stereocenters. The Labute approximate surface area is 116 Å². The summed E-state index contributed by atoms with van der Waals surface area (Å²) < 4.78 is 5.47. The third kappa shape index (κ3) is 2.26. The largest absolute Gasteiger partial charge is 0.493 e. The number of benzene rings is 2. The zero-order valence-corrected chi connectivity index (χ0v) is 11.5. The second-order valence-corrected chi connectivity index (χ2v) is 5.30. The molecular formula is C16H14O2S. The first kappa shape index (κ1) is 12.3. The molecule has 0 atom stereocenters. The van der Waals surface area contributed by atoms with E-state index in [1.54, 1.807) is 11.8 Å². The SMILES string of the molecule is CSc1ccccc1C(=O)c1ccc2c(c1)CCO2. The summed E-state index contributed by atoms with van der Waals surface area (Å²) in [6.07, 6.45) is 2.88. The third-order valence-electron chi connectivity index (χ3n) is 3.30. The number of ketones is 1. The van der Waals surface area contributed by atoms with Gasteiger partial charge in [0.25, 0.3) is 0 Å². The molecular weight excluding hydrogens is 256 g/mol. The van der Waals surface area contributed by atoms with Crippen LogP contribution in [0.15, 0.2) is 47.4 Å². The fraction of sp³-hybridized carbons (Fsp3) is 0.188. The number of hydrogen-bond donors (Lipinski definition) is 0. The van der Waals surface area contributed by atoms with E-state index in [2.05, 4.69) is 0 Å². The Balaban J connectivity index is 2.00. The predicted molar refractivity (Wildman–Crippen MR) is 77.3 cm³/mol. The molecule has 3 heteroatoms. The maximum absolute atomic E-state index is 12.6. The predicted octanol–water partition coefficient (Wildman–Crippen LogP) is 3.57. The van der Waals surface area contributed by atoms with Gasteiger partial charge < -0.3 is 4.74 Å². The molecule has 0 spiro atoms. The van der Waals surface area contributed by atoms with E-state index in [0.717, 1.165) is 33.8 Å². The number of carbonyl (C=O) groups is 1. The zero-order valence-electron chi connectivity index (χ0n) is 10.7. The van der Waals surface area contributed by atoms with Crippen molar-refractivity contribution in [2.75, 3.05) is 12.9 Å². The van der Waals surface area contributed by atoms with Crippen LogP contribution in [0.1, 0.15) is 21.5 Å². The Morgan fingerprint density at radius 3 is 2.89 bits per heavy atom. The van der Waals surface area contributed by atoms with Crippen LogP contribution in [-0.2, 0) is 6.42 Å². The Bertz CT molecular complexity index is 634. The van der Waals surface area contributed by atoms with Crippen molar-refractivity contribution >= 4 is 17.5 Å². The van der Waals surface area contributed by atoms with Gasteiger partial charge >= 0.3 is 0 Å². The first-order valence-corrected chi connectivity index (χ1v) is 7.45. The van der Waals surface area contributed by atoms with E-state index in [0.29, 0.717) is 6.61 Å². The summed E-state index contributed by atoms with van der Waals surface area (Å²) in [6.45, 7) is 0.717. The maximum Gasteiger partial charge on any atom is 0.194 e. The molecule has 0 saturated carbocycles. The summed E-state index contributed by atoms with van der Waals surface area (Å²) in [5.41, 5.74) is 2.65. The van der Waals surface area contributed by atoms with Crippen LogP contribution in [0, 0.1) is 0 Å². The minimum Gasteiger partial charge on any atom is -0.493 e. The highest BCUT2D eigenvalue weighted by molar-refractivity contribution is 7.98. The zero-order chi connectivity index (χ0) is 13.2. The van der Waals surface area contributed by atoms with Gasteiger partial charge in [0, 0.05) is 22.4 Å². The second-order valence-electron chi connectivity index (χ2n) is 4.45. The van der Waals surface area contributed by atoms with Crippen molar-refractivity contribution in [2.24, 2.45) is 0 Å². The number of hydrogen-bond acceptors (Lipinski definition) is 3. The second kappa shape index (κ2) is 5.10. The lowest BCUT2D eigenvalue weighted by Gasteiger charge is -2.07. The molecule has 1 aliphatic rings. The molecule has 0 amide bonds. The summed E-state index contributed by atoms with van der Waals surface area (Å²) in [5.74, 6) is 0.995. The Kier molecular flexibility index (Phi) is 3.30. The van der Waals surface area contributed by atoms with Crippen LogP contribution in [0.4, 0.5) is 0 Å². The lowest BCUT2D eigenvalue weighted by Crippen LogP contribution is -2.03. The van der Waals surface area contributed by atoms with Crippen LogP contribution >= 0.6 is 11.8 Å². The van der Waals surface area contributed by atoms with Gasteiger partial charge in [-0.05, 0) is 42.2 Å². The Morgan fingerprint density at radius 1 is 1.21 bits per heavy atom. The molecule has 0 radical (unpaired) electrons. The van der Waals surface area contributed by atoms with Gasteiger partial charge in [-0.2, -0.15) is 0 Å². The van der Waals surface area contributed by atoms with Gasteiger partial charge in [-0.15, -0.1) is 11.8 Å². The molecule has 0 N–H and O–H groups in total. The minimum atomic E-state index is 0.0830. The summed E-state index contributed by atoms with van der Waals surface area (Å²) in [6, 6.07) is 13.4. The van der Waals surface area contributed by atoms with E-state index >= 15 is 0 Å². The van der Waals surface area contributed by atoms with E-state index in [9.17, 15) is 4.79 Å². The molecule has 0 saturated heterocycles. The summed E-state index contributed by atoms with van der Waals surface area (Å²) >= 11 is 1.60. The Hall–Kier alpha value is -1.74. The number of fused-ring (bicyclic) bond motifs is 1. The molecule has 2 aromatic carbocycles. The van der Waals surface area contributed by atoms with E-state index in [4.69, 9.17) is 4.74 Å².